The maximum atomic E-state index is 13.8. The van der Waals surface area contributed by atoms with Gasteiger partial charge in [0.2, 0.25) is 0 Å². The average molecular weight is 478 g/mol. The highest BCUT2D eigenvalue weighted by atomic mass is 19.1. The minimum atomic E-state index is -0.588. The number of hydrogen-bond donors (Lipinski definition) is 1. The fraction of sp³-hybridized carbons (Fsp3) is 0.286. The maximum Gasteiger partial charge on any atom is 0.254 e. The summed E-state index contributed by atoms with van der Waals surface area (Å²) in [6.45, 7) is 5.76. The van der Waals surface area contributed by atoms with E-state index in [4.69, 9.17) is 4.74 Å². The summed E-state index contributed by atoms with van der Waals surface area (Å²) in [6, 6.07) is 14.8. The molecule has 0 fully saturated rings. The van der Waals surface area contributed by atoms with E-state index < -0.39 is 6.67 Å². The lowest BCUT2D eigenvalue weighted by Gasteiger charge is -2.32. The van der Waals surface area contributed by atoms with Crippen LogP contribution in [0.3, 0.4) is 0 Å². The Kier molecular flexibility index (Phi) is 7.15. The molecule has 1 atom stereocenters. The lowest BCUT2D eigenvalue weighted by atomic mass is 9.91. The van der Waals surface area contributed by atoms with Gasteiger partial charge in [-0.25, -0.2) is 8.78 Å². The number of amides is 1. The normalized spacial score (nSPS) is 12.2. The number of aromatic nitrogens is 2. The van der Waals surface area contributed by atoms with Crippen molar-refractivity contribution in [2.45, 2.75) is 33.5 Å². The van der Waals surface area contributed by atoms with Gasteiger partial charge in [-0.2, -0.15) is 5.10 Å². The van der Waals surface area contributed by atoms with E-state index in [0.29, 0.717) is 34.6 Å². The van der Waals surface area contributed by atoms with E-state index in [0.717, 1.165) is 16.5 Å². The molecule has 0 aliphatic rings. The molecule has 0 aliphatic heterocycles. The molecule has 1 amide bonds. The van der Waals surface area contributed by atoms with E-state index in [1.807, 2.05) is 26.8 Å². The Labute approximate surface area is 203 Å². The van der Waals surface area contributed by atoms with Gasteiger partial charge in [0.05, 0.1) is 24.4 Å². The van der Waals surface area contributed by atoms with Crippen molar-refractivity contribution in [2.24, 2.45) is 5.92 Å². The Bertz CT molecular complexity index is 1350. The minimum Gasteiger partial charge on any atom is -0.493 e. The van der Waals surface area contributed by atoms with E-state index in [1.54, 1.807) is 54.5 Å². The van der Waals surface area contributed by atoms with Crippen LogP contribution in [0, 0.1) is 11.7 Å². The smallest absolute Gasteiger partial charge is 0.254 e. The third-order valence-electron chi connectivity index (χ3n) is 6.23. The van der Waals surface area contributed by atoms with Crippen LogP contribution in [0.15, 0.2) is 60.8 Å². The highest BCUT2D eigenvalue weighted by Gasteiger charge is 2.28. The highest BCUT2D eigenvalue weighted by Crippen LogP contribution is 2.36. The van der Waals surface area contributed by atoms with Crippen LogP contribution in [0.5, 0.6) is 5.75 Å². The number of halogens is 2. The Morgan fingerprint density at radius 1 is 1.14 bits per heavy atom. The van der Waals surface area contributed by atoms with E-state index in [-0.39, 0.29) is 23.7 Å². The second kappa shape index (κ2) is 10.3. The number of hydrogen-bond acceptors (Lipinski definition) is 3. The van der Waals surface area contributed by atoms with Crippen LogP contribution in [0.4, 0.5) is 8.78 Å². The number of nitrogens with one attached hydrogen (secondary N) is 1. The predicted molar refractivity (Wildman–Crippen MR) is 134 cm³/mol. The Hall–Kier alpha value is -3.74. The monoisotopic (exact) mass is 477 g/mol. The lowest BCUT2D eigenvalue weighted by Crippen LogP contribution is -2.34. The standard InChI is InChI=1S/C28H29F2N3O2/c1-5-35-25-14-19(9-11-22(25)18-7-6-8-21(30)13-18)28(34)33(4)27(17(2)3)23-12-10-20(15-29)24-16-31-32-26(23)24/h6-14,16-17,27H,5,15H2,1-4H3,(H,31,32)/t27-/m1/s1. The summed E-state index contributed by atoms with van der Waals surface area (Å²) in [7, 11) is 1.76. The number of rotatable bonds is 8. The van der Waals surface area contributed by atoms with Crippen LogP contribution >= 0.6 is 0 Å². The van der Waals surface area contributed by atoms with Gasteiger partial charge < -0.3 is 9.64 Å². The van der Waals surface area contributed by atoms with Crippen LogP contribution in [0.2, 0.25) is 0 Å². The van der Waals surface area contributed by atoms with Crippen molar-refractivity contribution in [3.05, 3.63) is 83.3 Å². The molecule has 0 unspecified atom stereocenters. The molecular formula is C28H29F2N3O2. The van der Waals surface area contributed by atoms with Gasteiger partial charge in [0.25, 0.3) is 5.91 Å². The first-order valence-electron chi connectivity index (χ1n) is 11.7. The molecule has 3 aromatic carbocycles. The number of carbonyl (C=O) groups is 1. The molecule has 35 heavy (non-hydrogen) atoms. The molecule has 1 N–H and O–H groups in total. The molecule has 1 aromatic heterocycles. The molecule has 7 heteroatoms. The van der Waals surface area contributed by atoms with Crippen molar-refractivity contribution >= 4 is 16.8 Å². The largest absolute Gasteiger partial charge is 0.493 e. The number of nitrogens with zero attached hydrogens (tertiary/aromatic N) is 2. The zero-order valence-electron chi connectivity index (χ0n) is 20.3. The molecule has 1 heterocycles. The van der Waals surface area contributed by atoms with Gasteiger partial charge in [0, 0.05) is 29.1 Å². The number of carbonyl (C=O) groups excluding carboxylic acids is 1. The summed E-state index contributed by atoms with van der Waals surface area (Å²) in [5.41, 5.74) is 4.02. The van der Waals surface area contributed by atoms with Crippen LogP contribution in [-0.2, 0) is 6.67 Å². The molecule has 0 aliphatic carbocycles. The number of benzene rings is 3. The first-order chi connectivity index (χ1) is 16.8. The van der Waals surface area contributed by atoms with Gasteiger partial charge in [-0.3, -0.25) is 9.89 Å². The van der Waals surface area contributed by atoms with E-state index in [1.165, 1.54) is 12.1 Å². The summed E-state index contributed by atoms with van der Waals surface area (Å²) in [6.07, 6.45) is 1.62. The van der Waals surface area contributed by atoms with Crippen molar-refractivity contribution in [1.82, 2.24) is 15.1 Å². The van der Waals surface area contributed by atoms with Gasteiger partial charge in [0.1, 0.15) is 18.2 Å². The fourth-order valence-electron chi connectivity index (χ4n) is 4.65. The maximum absolute atomic E-state index is 13.8. The van der Waals surface area contributed by atoms with Crippen molar-refractivity contribution in [1.29, 1.82) is 0 Å². The Morgan fingerprint density at radius 3 is 2.63 bits per heavy atom. The Morgan fingerprint density at radius 2 is 1.94 bits per heavy atom. The molecule has 182 valence electrons. The van der Waals surface area contributed by atoms with Crippen LogP contribution in [0.1, 0.15) is 48.3 Å². The first-order valence-corrected chi connectivity index (χ1v) is 11.7. The molecule has 0 bridgehead atoms. The molecule has 0 saturated carbocycles. The molecule has 5 nitrogen and oxygen atoms in total. The third kappa shape index (κ3) is 4.76. The number of fused-ring (bicyclic) bond motifs is 1. The Balaban J connectivity index is 1.72. The average Bonchev–Trinajstić information content (AvgIpc) is 3.34. The van der Waals surface area contributed by atoms with E-state index >= 15 is 0 Å². The first kappa shape index (κ1) is 24.4. The SMILES string of the molecule is CCOc1cc(C(=O)N(C)[C@@H](c2ccc(CF)c3cn[nH]c23)C(C)C)ccc1-c1cccc(F)c1. The number of ether oxygens (including phenoxy) is 1. The molecule has 0 spiro atoms. The van der Waals surface area contributed by atoms with E-state index in [9.17, 15) is 13.6 Å². The summed E-state index contributed by atoms with van der Waals surface area (Å²) >= 11 is 0. The zero-order valence-corrected chi connectivity index (χ0v) is 20.3. The fourth-order valence-corrected chi connectivity index (χ4v) is 4.65. The van der Waals surface area contributed by atoms with Crippen LogP contribution < -0.4 is 4.74 Å². The molecular weight excluding hydrogens is 448 g/mol. The van der Waals surface area contributed by atoms with Gasteiger partial charge in [-0.1, -0.05) is 38.1 Å². The van der Waals surface area contributed by atoms with Crippen molar-refractivity contribution in [2.75, 3.05) is 13.7 Å². The van der Waals surface area contributed by atoms with Gasteiger partial charge >= 0.3 is 0 Å². The van der Waals surface area contributed by atoms with Crippen molar-refractivity contribution in [3.63, 3.8) is 0 Å². The number of alkyl halides is 1. The van der Waals surface area contributed by atoms with E-state index in [2.05, 4.69) is 10.2 Å². The minimum absolute atomic E-state index is 0.0737. The molecule has 4 aromatic rings. The van der Waals surface area contributed by atoms with Crippen molar-refractivity contribution in [3.8, 4) is 16.9 Å². The van der Waals surface area contributed by atoms with Crippen LogP contribution in [-0.4, -0.2) is 34.7 Å². The highest BCUT2D eigenvalue weighted by molar-refractivity contribution is 5.96. The lowest BCUT2D eigenvalue weighted by molar-refractivity contribution is 0.0688. The van der Waals surface area contributed by atoms with Crippen molar-refractivity contribution < 1.29 is 18.3 Å². The number of aromatic amines is 1. The van der Waals surface area contributed by atoms with Crippen LogP contribution in [0.25, 0.3) is 22.0 Å². The number of H-pyrrole nitrogens is 1. The topological polar surface area (TPSA) is 58.2 Å². The molecule has 0 saturated heterocycles. The van der Waals surface area contributed by atoms with Gasteiger partial charge in [0.15, 0.2) is 0 Å². The summed E-state index contributed by atoms with van der Waals surface area (Å²) in [4.78, 5) is 15.3. The van der Waals surface area contributed by atoms with Gasteiger partial charge in [-0.15, -0.1) is 0 Å². The zero-order chi connectivity index (χ0) is 25.1. The predicted octanol–water partition coefficient (Wildman–Crippen LogP) is 6.71. The third-order valence-corrected chi connectivity index (χ3v) is 6.23. The summed E-state index contributed by atoms with van der Waals surface area (Å²) in [5, 5.41) is 7.81. The molecule has 0 radical (unpaired) electrons. The summed E-state index contributed by atoms with van der Waals surface area (Å²) in [5.74, 6) is 0.0671. The second-order valence-corrected chi connectivity index (χ2v) is 8.87. The quantitative estimate of drug-likeness (QED) is 0.307. The summed E-state index contributed by atoms with van der Waals surface area (Å²) < 4.78 is 33.1. The molecule has 4 rings (SSSR count). The van der Waals surface area contributed by atoms with Gasteiger partial charge in [-0.05, 0) is 54.3 Å². The second-order valence-electron chi connectivity index (χ2n) is 8.87.